The van der Waals surface area contributed by atoms with Crippen molar-refractivity contribution in [1.29, 1.82) is 0 Å². The standard InChI is InChI=1S/C22H26N6O2/c1-23-22(24-13-21-26-25-15-28(21)18-7-5-4-6-8-18)27-10-9-16-11-19(29-2)20(30-3)12-17(16)14-27/h4-8,11-12,15H,9-10,13-14H2,1-3H3,(H,23,24). The summed E-state index contributed by atoms with van der Waals surface area (Å²) in [5.74, 6) is 3.17. The topological polar surface area (TPSA) is 76.8 Å². The third-order valence-electron chi connectivity index (χ3n) is 5.29. The molecule has 0 amide bonds. The number of para-hydroxylation sites is 1. The van der Waals surface area contributed by atoms with Gasteiger partial charge in [-0.05, 0) is 41.8 Å². The summed E-state index contributed by atoms with van der Waals surface area (Å²) in [6.45, 7) is 2.14. The molecule has 3 aromatic rings. The maximum absolute atomic E-state index is 5.47. The Morgan fingerprint density at radius 3 is 2.53 bits per heavy atom. The molecule has 0 radical (unpaired) electrons. The van der Waals surface area contributed by atoms with Gasteiger partial charge in [0.15, 0.2) is 23.3 Å². The van der Waals surface area contributed by atoms with Crippen LogP contribution in [0, 0.1) is 0 Å². The van der Waals surface area contributed by atoms with Crippen LogP contribution in [0.3, 0.4) is 0 Å². The second-order valence-corrected chi connectivity index (χ2v) is 7.00. The Morgan fingerprint density at radius 1 is 1.10 bits per heavy atom. The molecule has 8 nitrogen and oxygen atoms in total. The molecule has 0 spiro atoms. The minimum absolute atomic E-state index is 0.525. The smallest absolute Gasteiger partial charge is 0.194 e. The van der Waals surface area contributed by atoms with E-state index in [1.807, 2.05) is 34.9 Å². The SMILES string of the molecule is CN=C(NCc1nncn1-c1ccccc1)N1CCc2cc(OC)c(OC)cc2C1. The lowest BCUT2D eigenvalue weighted by atomic mass is 9.99. The van der Waals surface area contributed by atoms with Crippen LogP contribution in [-0.4, -0.2) is 53.4 Å². The summed E-state index contributed by atoms with van der Waals surface area (Å²) in [5.41, 5.74) is 3.53. The minimum Gasteiger partial charge on any atom is -0.493 e. The molecule has 0 atom stereocenters. The van der Waals surface area contributed by atoms with E-state index in [4.69, 9.17) is 9.47 Å². The highest BCUT2D eigenvalue weighted by Crippen LogP contribution is 2.33. The second-order valence-electron chi connectivity index (χ2n) is 7.00. The molecule has 0 saturated heterocycles. The summed E-state index contributed by atoms with van der Waals surface area (Å²) in [7, 11) is 5.13. The van der Waals surface area contributed by atoms with Crippen molar-refractivity contribution in [1.82, 2.24) is 25.0 Å². The zero-order valence-electron chi connectivity index (χ0n) is 17.5. The number of nitrogens with zero attached hydrogens (tertiary/aromatic N) is 5. The van der Waals surface area contributed by atoms with Crippen molar-refractivity contribution in [2.45, 2.75) is 19.5 Å². The van der Waals surface area contributed by atoms with E-state index in [2.05, 4.69) is 37.5 Å². The molecule has 0 unspecified atom stereocenters. The highest BCUT2D eigenvalue weighted by molar-refractivity contribution is 5.80. The number of hydrogen-bond acceptors (Lipinski definition) is 5. The molecule has 2 heterocycles. The molecule has 0 saturated carbocycles. The van der Waals surface area contributed by atoms with Crippen molar-refractivity contribution in [3.63, 3.8) is 0 Å². The average molecular weight is 406 g/mol. The monoisotopic (exact) mass is 406 g/mol. The lowest BCUT2D eigenvalue weighted by Gasteiger charge is -2.32. The van der Waals surface area contributed by atoms with Gasteiger partial charge in [-0.2, -0.15) is 0 Å². The minimum atomic E-state index is 0.525. The van der Waals surface area contributed by atoms with Gasteiger partial charge < -0.3 is 19.7 Å². The van der Waals surface area contributed by atoms with Gasteiger partial charge >= 0.3 is 0 Å². The summed E-state index contributed by atoms with van der Waals surface area (Å²) < 4.78 is 12.9. The van der Waals surface area contributed by atoms with E-state index in [0.29, 0.717) is 6.54 Å². The van der Waals surface area contributed by atoms with E-state index in [0.717, 1.165) is 48.5 Å². The number of methoxy groups -OCH3 is 2. The summed E-state index contributed by atoms with van der Waals surface area (Å²) in [6, 6.07) is 14.2. The first-order valence-corrected chi connectivity index (χ1v) is 9.87. The molecular formula is C22H26N6O2. The van der Waals surface area contributed by atoms with E-state index < -0.39 is 0 Å². The van der Waals surface area contributed by atoms with Crippen molar-refractivity contribution >= 4 is 5.96 Å². The Hall–Kier alpha value is -3.55. The number of aliphatic imine (C=N–C) groups is 1. The van der Waals surface area contributed by atoms with Gasteiger partial charge in [-0.1, -0.05) is 18.2 Å². The molecule has 156 valence electrons. The fourth-order valence-electron chi connectivity index (χ4n) is 3.74. The number of rotatable bonds is 5. The predicted molar refractivity (Wildman–Crippen MR) is 115 cm³/mol. The number of ether oxygens (including phenoxy) is 2. The van der Waals surface area contributed by atoms with Gasteiger partial charge in [0.05, 0.1) is 20.8 Å². The first kappa shape index (κ1) is 19.8. The average Bonchev–Trinajstić information content (AvgIpc) is 3.27. The normalized spacial score (nSPS) is 13.7. The Kier molecular flexibility index (Phi) is 5.83. The van der Waals surface area contributed by atoms with Crippen molar-refractivity contribution in [2.75, 3.05) is 27.8 Å². The molecule has 1 aromatic heterocycles. The van der Waals surface area contributed by atoms with Crippen LogP contribution in [-0.2, 0) is 19.5 Å². The number of benzene rings is 2. The van der Waals surface area contributed by atoms with Gasteiger partial charge in [-0.25, -0.2) is 0 Å². The molecule has 30 heavy (non-hydrogen) atoms. The molecule has 0 aliphatic carbocycles. The van der Waals surface area contributed by atoms with E-state index in [1.54, 1.807) is 27.6 Å². The molecule has 0 fully saturated rings. The lowest BCUT2D eigenvalue weighted by Crippen LogP contribution is -2.44. The molecule has 0 bridgehead atoms. The van der Waals surface area contributed by atoms with Crippen LogP contribution in [0.2, 0.25) is 0 Å². The number of hydrogen-bond donors (Lipinski definition) is 1. The summed E-state index contributed by atoms with van der Waals surface area (Å²) in [6.07, 6.45) is 2.64. The van der Waals surface area contributed by atoms with Gasteiger partial charge in [-0.3, -0.25) is 9.56 Å². The van der Waals surface area contributed by atoms with Crippen molar-refractivity contribution < 1.29 is 9.47 Å². The molecule has 1 aliphatic heterocycles. The Morgan fingerprint density at radius 2 is 1.83 bits per heavy atom. The van der Waals surface area contributed by atoms with Crippen LogP contribution in [0.25, 0.3) is 5.69 Å². The van der Waals surface area contributed by atoms with Crippen LogP contribution in [0.1, 0.15) is 17.0 Å². The Bertz CT molecular complexity index is 1030. The highest BCUT2D eigenvalue weighted by Gasteiger charge is 2.22. The molecule has 1 N–H and O–H groups in total. The number of nitrogens with one attached hydrogen (secondary N) is 1. The van der Waals surface area contributed by atoms with Crippen LogP contribution >= 0.6 is 0 Å². The lowest BCUT2D eigenvalue weighted by molar-refractivity contribution is 0.345. The zero-order chi connectivity index (χ0) is 20.9. The van der Waals surface area contributed by atoms with Gasteiger partial charge in [0.2, 0.25) is 0 Å². The van der Waals surface area contributed by atoms with Crippen LogP contribution in [0.15, 0.2) is 53.8 Å². The number of fused-ring (bicyclic) bond motifs is 1. The van der Waals surface area contributed by atoms with Gasteiger partial charge in [0.1, 0.15) is 6.33 Å². The third-order valence-corrected chi connectivity index (χ3v) is 5.29. The van der Waals surface area contributed by atoms with Crippen LogP contribution in [0.5, 0.6) is 11.5 Å². The largest absolute Gasteiger partial charge is 0.493 e. The maximum atomic E-state index is 5.47. The Balaban J connectivity index is 1.47. The molecular weight excluding hydrogens is 380 g/mol. The quantitative estimate of drug-likeness (QED) is 0.518. The molecule has 4 rings (SSSR count). The molecule has 1 aliphatic rings. The maximum Gasteiger partial charge on any atom is 0.194 e. The van der Waals surface area contributed by atoms with E-state index >= 15 is 0 Å². The van der Waals surface area contributed by atoms with Gasteiger partial charge in [0, 0.05) is 25.8 Å². The third kappa shape index (κ3) is 3.94. The fraction of sp³-hybridized carbons (Fsp3) is 0.318. The van der Waals surface area contributed by atoms with Gasteiger partial charge in [0.25, 0.3) is 0 Å². The van der Waals surface area contributed by atoms with Crippen LogP contribution < -0.4 is 14.8 Å². The first-order chi connectivity index (χ1) is 14.7. The number of aromatic nitrogens is 3. The summed E-state index contributed by atoms with van der Waals surface area (Å²) in [5, 5.41) is 11.8. The second kappa shape index (κ2) is 8.86. The van der Waals surface area contributed by atoms with Crippen molar-refractivity contribution in [3.8, 4) is 17.2 Å². The predicted octanol–water partition coefficient (Wildman–Crippen LogP) is 2.42. The van der Waals surface area contributed by atoms with Gasteiger partial charge in [-0.15, -0.1) is 10.2 Å². The fourth-order valence-corrected chi connectivity index (χ4v) is 3.74. The van der Waals surface area contributed by atoms with E-state index in [1.165, 1.54) is 11.1 Å². The molecule has 8 heteroatoms. The van der Waals surface area contributed by atoms with E-state index in [-0.39, 0.29) is 0 Å². The molecule has 2 aromatic carbocycles. The van der Waals surface area contributed by atoms with Crippen molar-refractivity contribution in [2.24, 2.45) is 4.99 Å². The summed E-state index contributed by atoms with van der Waals surface area (Å²) in [4.78, 5) is 6.71. The highest BCUT2D eigenvalue weighted by atomic mass is 16.5. The summed E-state index contributed by atoms with van der Waals surface area (Å²) >= 11 is 0. The van der Waals surface area contributed by atoms with Crippen molar-refractivity contribution in [3.05, 3.63) is 65.7 Å². The van der Waals surface area contributed by atoms with Crippen LogP contribution in [0.4, 0.5) is 0 Å². The Labute approximate surface area is 176 Å². The zero-order valence-corrected chi connectivity index (χ0v) is 17.5. The first-order valence-electron chi connectivity index (χ1n) is 9.87. The van der Waals surface area contributed by atoms with E-state index in [9.17, 15) is 0 Å². The number of guanidine groups is 1.